The first-order chi connectivity index (χ1) is 22.0. The second kappa shape index (κ2) is 21.0. The maximum absolute atomic E-state index is 13.9. The topological polar surface area (TPSA) is 59.3 Å². The highest BCUT2D eigenvalue weighted by Crippen LogP contribution is 2.21. The summed E-state index contributed by atoms with van der Waals surface area (Å²) in [6, 6.07) is 16.6. The van der Waals surface area contributed by atoms with E-state index in [0.717, 1.165) is 36.0 Å². The standard InChI is InChI=1S/C39H52FN3O2/c1-3-5-7-9-11-13-15-29-42(30-16-14-12-10-8-6-4-2)37-26-21-33(22-27-37)17-18-35-20-25-36(41-32-35)24-19-34-23-28-39(43(44)45)38(40)31-34/h17-28,31-32H,3-16,29-30H2,1-2H3. The second-order valence-corrected chi connectivity index (χ2v) is 12.0. The third-order valence-electron chi connectivity index (χ3n) is 8.21. The van der Waals surface area contributed by atoms with Crippen molar-refractivity contribution in [3.8, 4) is 0 Å². The van der Waals surface area contributed by atoms with E-state index >= 15 is 0 Å². The lowest BCUT2D eigenvalue weighted by atomic mass is 10.1. The van der Waals surface area contributed by atoms with Gasteiger partial charge in [-0.25, -0.2) is 0 Å². The third kappa shape index (κ3) is 13.8. The van der Waals surface area contributed by atoms with Crippen LogP contribution in [-0.4, -0.2) is 23.0 Å². The minimum Gasteiger partial charge on any atom is -0.372 e. The number of nitro groups is 1. The summed E-state index contributed by atoms with van der Waals surface area (Å²) < 4.78 is 13.9. The van der Waals surface area contributed by atoms with Crippen LogP contribution < -0.4 is 4.90 Å². The molecular formula is C39H52FN3O2. The maximum atomic E-state index is 13.9. The van der Waals surface area contributed by atoms with E-state index in [9.17, 15) is 14.5 Å². The number of rotatable bonds is 22. The predicted molar refractivity (Wildman–Crippen MR) is 190 cm³/mol. The third-order valence-corrected chi connectivity index (χ3v) is 8.21. The van der Waals surface area contributed by atoms with E-state index in [-0.39, 0.29) is 0 Å². The molecule has 1 aromatic heterocycles. The summed E-state index contributed by atoms with van der Waals surface area (Å²) >= 11 is 0. The SMILES string of the molecule is CCCCCCCCCN(CCCCCCCCC)c1ccc(C=Cc2ccc(C=Cc3ccc([N+](=O)[O-])c(F)c3)nc2)cc1. The molecule has 3 rings (SSSR count). The van der Waals surface area contributed by atoms with Crippen molar-refractivity contribution in [1.29, 1.82) is 0 Å². The number of nitro benzene ring substituents is 1. The molecule has 5 nitrogen and oxygen atoms in total. The lowest BCUT2D eigenvalue weighted by Gasteiger charge is -2.25. The van der Waals surface area contributed by atoms with E-state index < -0.39 is 16.4 Å². The second-order valence-electron chi connectivity index (χ2n) is 12.0. The highest BCUT2D eigenvalue weighted by Gasteiger charge is 2.12. The van der Waals surface area contributed by atoms with E-state index in [0.29, 0.717) is 5.56 Å². The maximum Gasteiger partial charge on any atom is 0.304 e. The zero-order chi connectivity index (χ0) is 32.1. The molecule has 0 N–H and O–H groups in total. The van der Waals surface area contributed by atoms with E-state index in [1.165, 1.54) is 108 Å². The Morgan fingerprint density at radius 3 is 1.71 bits per heavy atom. The lowest BCUT2D eigenvalue weighted by molar-refractivity contribution is -0.387. The molecule has 0 saturated heterocycles. The number of benzene rings is 2. The molecule has 0 unspecified atom stereocenters. The Balaban J connectivity index is 1.53. The number of halogens is 1. The Morgan fingerprint density at radius 2 is 1.18 bits per heavy atom. The van der Waals surface area contributed by atoms with Crippen LogP contribution in [0.1, 0.15) is 126 Å². The average molecular weight is 614 g/mol. The monoisotopic (exact) mass is 613 g/mol. The van der Waals surface area contributed by atoms with Crippen LogP contribution in [0.5, 0.6) is 0 Å². The number of hydrogen-bond donors (Lipinski definition) is 0. The first-order valence-electron chi connectivity index (χ1n) is 17.1. The fourth-order valence-electron chi connectivity index (χ4n) is 5.45. The predicted octanol–water partition coefficient (Wildman–Crippen LogP) is 11.8. The van der Waals surface area contributed by atoms with Gasteiger partial charge in [-0.1, -0.05) is 127 Å². The number of pyridine rings is 1. The Bertz CT molecular complexity index is 1300. The van der Waals surface area contributed by atoms with Gasteiger partial charge in [-0.05, 0) is 65.9 Å². The molecule has 1 heterocycles. The number of aromatic nitrogens is 1. The van der Waals surface area contributed by atoms with Crippen molar-refractivity contribution in [3.05, 3.63) is 99.1 Å². The number of anilines is 1. The van der Waals surface area contributed by atoms with Crippen LogP contribution in [0.25, 0.3) is 24.3 Å². The molecule has 2 aromatic carbocycles. The highest BCUT2D eigenvalue weighted by atomic mass is 19.1. The van der Waals surface area contributed by atoms with Crippen molar-refractivity contribution in [2.75, 3.05) is 18.0 Å². The molecule has 0 spiro atoms. The Kier molecular flexibility index (Phi) is 16.7. The van der Waals surface area contributed by atoms with Crippen molar-refractivity contribution in [3.63, 3.8) is 0 Å². The van der Waals surface area contributed by atoms with E-state index in [1.807, 2.05) is 12.1 Å². The zero-order valence-electron chi connectivity index (χ0n) is 27.4. The summed E-state index contributed by atoms with van der Waals surface area (Å²) in [4.78, 5) is 17.2. The van der Waals surface area contributed by atoms with Gasteiger partial charge < -0.3 is 4.90 Å². The van der Waals surface area contributed by atoms with Crippen molar-refractivity contribution >= 4 is 35.7 Å². The Morgan fingerprint density at radius 1 is 0.667 bits per heavy atom. The molecule has 0 aliphatic rings. The van der Waals surface area contributed by atoms with Gasteiger partial charge in [-0.2, -0.15) is 4.39 Å². The molecule has 0 atom stereocenters. The molecule has 3 aromatic rings. The summed E-state index contributed by atoms with van der Waals surface area (Å²) in [5.74, 6) is -0.849. The van der Waals surface area contributed by atoms with E-state index in [4.69, 9.17) is 0 Å². The lowest BCUT2D eigenvalue weighted by Crippen LogP contribution is -2.25. The first kappa shape index (κ1) is 35.7. The van der Waals surface area contributed by atoms with Crippen LogP contribution in [0.2, 0.25) is 0 Å². The molecule has 0 fully saturated rings. The number of hydrogen-bond acceptors (Lipinski definition) is 4. The van der Waals surface area contributed by atoms with Gasteiger partial charge in [0.1, 0.15) is 0 Å². The van der Waals surface area contributed by atoms with Crippen LogP contribution in [0.3, 0.4) is 0 Å². The molecule has 6 heteroatoms. The first-order valence-corrected chi connectivity index (χ1v) is 17.1. The molecule has 0 radical (unpaired) electrons. The van der Waals surface area contributed by atoms with Gasteiger partial charge in [0.05, 0.1) is 10.6 Å². The Hall–Kier alpha value is -3.80. The van der Waals surface area contributed by atoms with Crippen LogP contribution in [0.4, 0.5) is 15.8 Å². The van der Waals surface area contributed by atoms with Crippen LogP contribution in [0, 0.1) is 15.9 Å². The number of unbranched alkanes of at least 4 members (excludes halogenated alkanes) is 12. The highest BCUT2D eigenvalue weighted by molar-refractivity contribution is 5.72. The van der Waals surface area contributed by atoms with Crippen molar-refractivity contribution in [1.82, 2.24) is 4.98 Å². The van der Waals surface area contributed by atoms with Crippen LogP contribution in [-0.2, 0) is 0 Å². The summed E-state index contributed by atoms with van der Waals surface area (Å²) in [5.41, 5.74) is 4.18. The quantitative estimate of drug-likeness (QED) is 0.0642. The van der Waals surface area contributed by atoms with Crippen molar-refractivity contribution in [2.45, 2.75) is 104 Å². The summed E-state index contributed by atoms with van der Waals surface area (Å²) in [6.45, 7) is 6.81. The normalized spacial score (nSPS) is 11.5. The van der Waals surface area contributed by atoms with Gasteiger partial charge in [-0.15, -0.1) is 0 Å². The molecule has 242 valence electrons. The summed E-state index contributed by atoms with van der Waals surface area (Å²) in [5, 5.41) is 10.8. The smallest absolute Gasteiger partial charge is 0.304 e. The summed E-state index contributed by atoms with van der Waals surface area (Å²) in [7, 11) is 0. The molecule has 0 saturated carbocycles. The van der Waals surface area contributed by atoms with Crippen LogP contribution in [0.15, 0.2) is 60.8 Å². The molecule has 0 bridgehead atoms. The van der Waals surface area contributed by atoms with Gasteiger partial charge in [0.2, 0.25) is 5.82 Å². The molecule has 0 aliphatic heterocycles. The molecular weight excluding hydrogens is 561 g/mol. The fourth-order valence-corrected chi connectivity index (χ4v) is 5.45. The minimum absolute atomic E-state index is 0.527. The molecule has 0 amide bonds. The Labute approximate surface area is 270 Å². The zero-order valence-corrected chi connectivity index (χ0v) is 27.4. The van der Waals surface area contributed by atoms with E-state index in [2.05, 4.69) is 60.1 Å². The summed E-state index contributed by atoms with van der Waals surface area (Å²) in [6.07, 6.45) is 28.1. The fraction of sp³-hybridized carbons (Fsp3) is 0.462. The van der Waals surface area contributed by atoms with Gasteiger partial charge in [0.25, 0.3) is 0 Å². The minimum atomic E-state index is -0.849. The van der Waals surface area contributed by atoms with Gasteiger partial charge in [0, 0.05) is 31.0 Å². The van der Waals surface area contributed by atoms with Gasteiger partial charge in [-0.3, -0.25) is 15.1 Å². The largest absolute Gasteiger partial charge is 0.372 e. The van der Waals surface area contributed by atoms with Gasteiger partial charge >= 0.3 is 5.69 Å². The van der Waals surface area contributed by atoms with Crippen LogP contribution >= 0.6 is 0 Å². The van der Waals surface area contributed by atoms with Crippen molar-refractivity contribution in [2.24, 2.45) is 0 Å². The van der Waals surface area contributed by atoms with Gasteiger partial charge in [0.15, 0.2) is 0 Å². The number of nitrogens with zero attached hydrogens (tertiary/aromatic N) is 3. The average Bonchev–Trinajstić information content (AvgIpc) is 3.05. The molecule has 45 heavy (non-hydrogen) atoms. The van der Waals surface area contributed by atoms with Crippen molar-refractivity contribution < 1.29 is 9.31 Å². The van der Waals surface area contributed by atoms with E-state index in [1.54, 1.807) is 18.3 Å². The molecule has 0 aliphatic carbocycles.